The molecule has 6 rings (SSSR count). The highest BCUT2D eigenvalue weighted by molar-refractivity contribution is 6.28. The predicted octanol–water partition coefficient (Wildman–Crippen LogP) is 7.27. The Balaban J connectivity index is 1.96. The third-order valence-electron chi connectivity index (χ3n) is 5.95. The van der Waals surface area contributed by atoms with E-state index >= 15 is 0 Å². The van der Waals surface area contributed by atoms with Crippen LogP contribution >= 0.6 is 0 Å². The molecule has 0 unspecified atom stereocenters. The molecular weight excluding hydrogens is 326 g/mol. The number of fused-ring (bicyclic) bond motifs is 9. The lowest BCUT2D eigenvalue weighted by atomic mass is 9.93. The first-order valence-electron chi connectivity index (χ1n) is 9.61. The zero-order valence-electron chi connectivity index (χ0n) is 15.2. The van der Waals surface area contributed by atoms with Crippen LogP contribution in [0.4, 0.5) is 0 Å². The average Bonchev–Trinajstić information content (AvgIpc) is 3.05. The maximum Gasteiger partial charge on any atom is 0.0497 e. The highest BCUT2D eigenvalue weighted by Crippen LogP contribution is 2.39. The Hall–Kier alpha value is -3.32. The van der Waals surface area contributed by atoms with Crippen molar-refractivity contribution in [3.63, 3.8) is 0 Å². The van der Waals surface area contributed by atoms with Gasteiger partial charge in [0.05, 0.1) is 0 Å². The Morgan fingerprint density at radius 2 is 0.963 bits per heavy atom. The quantitative estimate of drug-likeness (QED) is 0.276. The Bertz CT molecular complexity index is 1500. The van der Waals surface area contributed by atoms with Crippen molar-refractivity contribution in [2.24, 2.45) is 0 Å². The van der Waals surface area contributed by atoms with Crippen molar-refractivity contribution in [1.29, 1.82) is 0 Å². The normalized spacial score (nSPS) is 12.0. The molecule has 0 aliphatic rings. The molecule has 0 amide bonds. The Morgan fingerprint density at radius 3 is 1.56 bits per heavy atom. The van der Waals surface area contributed by atoms with Crippen molar-refractivity contribution in [3.8, 4) is 0 Å². The highest BCUT2D eigenvalue weighted by Gasteiger charge is 2.14. The molecular formula is C26H19N. The molecule has 1 heteroatoms. The van der Waals surface area contributed by atoms with E-state index in [0.717, 1.165) is 6.54 Å². The molecule has 0 aliphatic carbocycles. The Kier molecular flexibility index (Phi) is 2.93. The molecule has 0 radical (unpaired) electrons. The summed E-state index contributed by atoms with van der Waals surface area (Å²) < 4.78 is 2.44. The first kappa shape index (κ1) is 14.8. The largest absolute Gasteiger partial charge is 0.341 e. The fourth-order valence-electron chi connectivity index (χ4n) is 4.79. The van der Waals surface area contributed by atoms with Crippen molar-refractivity contribution in [3.05, 3.63) is 84.9 Å². The van der Waals surface area contributed by atoms with Gasteiger partial charge < -0.3 is 4.57 Å². The lowest BCUT2D eigenvalue weighted by Gasteiger charge is -2.11. The molecule has 1 heterocycles. The van der Waals surface area contributed by atoms with E-state index in [1.165, 1.54) is 54.1 Å². The van der Waals surface area contributed by atoms with Gasteiger partial charge in [0.15, 0.2) is 0 Å². The Morgan fingerprint density at radius 1 is 0.481 bits per heavy atom. The second-order valence-corrected chi connectivity index (χ2v) is 7.27. The van der Waals surface area contributed by atoms with Crippen LogP contribution in [0.1, 0.15) is 6.92 Å². The first-order chi connectivity index (χ1) is 13.4. The fraction of sp³-hybridized carbons (Fsp3) is 0.0769. The van der Waals surface area contributed by atoms with Gasteiger partial charge in [-0.15, -0.1) is 0 Å². The van der Waals surface area contributed by atoms with Gasteiger partial charge in [0.1, 0.15) is 0 Å². The number of para-hydroxylation sites is 1. The number of benzene rings is 5. The molecule has 1 nitrogen and oxygen atoms in total. The van der Waals surface area contributed by atoms with Crippen LogP contribution in [0.5, 0.6) is 0 Å². The summed E-state index contributed by atoms with van der Waals surface area (Å²) in [6.45, 7) is 3.20. The van der Waals surface area contributed by atoms with E-state index in [2.05, 4.69) is 96.4 Å². The van der Waals surface area contributed by atoms with Crippen molar-refractivity contribution < 1.29 is 0 Å². The van der Waals surface area contributed by atoms with E-state index in [0.29, 0.717) is 0 Å². The van der Waals surface area contributed by atoms with Crippen LogP contribution in [0, 0.1) is 0 Å². The second kappa shape index (κ2) is 5.34. The smallest absolute Gasteiger partial charge is 0.0497 e. The molecule has 27 heavy (non-hydrogen) atoms. The number of hydrogen-bond donors (Lipinski definition) is 0. The average molecular weight is 345 g/mol. The van der Waals surface area contributed by atoms with Gasteiger partial charge in [0.2, 0.25) is 0 Å². The number of hydrogen-bond acceptors (Lipinski definition) is 0. The van der Waals surface area contributed by atoms with E-state index in [1.807, 2.05) is 0 Å². The molecule has 0 saturated heterocycles. The SMILES string of the molecule is CCn1c2ccccc2c2cc3c4ccccc4c4ccccc4c3cc21. The summed E-state index contributed by atoms with van der Waals surface area (Å²) in [4.78, 5) is 0. The van der Waals surface area contributed by atoms with Crippen molar-refractivity contribution in [2.75, 3.05) is 0 Å². The molecule has 0 N–H and O–H groups in total. The van der Waals surface area contributed by atoms with Crippen molar-refractivity contribution >= 4 is 54.1 Å². The monoisotopic (exact) mass is 345 g/mol. The van der Waals surface area contributed by atoms with Gasteiger partial charge in [-0.25, -0.2) is 0 Å². The summed E-state index contributed by atoms with van der Waals surface area (Å²) in [6, 6.07) is 31.2. The molecule has 0 fully saturated rings. The summed E-state index contributed by atoms with van der Waals surface area (Å²) in [5, 5.41) is 10.7. The van der Waals surface area contributed by atoms with Gasteiger partial charge in [0, 0.05) is 28.4 Å². The van der Waals surface area contributed by atoms with Crippen LogP contribution in [-0.2, 0) is 6.54 Å². The molecule has 128 valence electrons. The summed E-state index contributed by atoms with van der Waals surface area (Å²) in [7, 11) is 0. The van der Waals surface area contributed by atoms with Gasteiger partial charge in [0.25, 0.3) is 0 Å². The standard InChI is InChI=1S/C26H19N/c1-2-27-25-14-8-7-13-21(25)24-15-22-19-11-5-3-9-17(19)18-10-4-6-12-20(18)23(22)16-26(24)27/h3-16H,2H2,1H3. The molecule has 0 saturated carbocycles. The topological polar surface area (TPSA) is 4.93 Å². The lowest BCUT2D eigenvalue weighted by Crippen LogP contribution is -1.93. The molecule has 1 aromatic heterocycles. The van der Waals surface area contributed by atoms with Crippen LogP contribution < -0.4 is 0 Å². The van der Waals surface area contributed by atoms with Gasteiger partial charge >= 0.3 is 0 Å². The van der Waals surface area contributed by atoms with E-state index in [1.54, 1.807) is 0 Å². The van der Waals surface area contributed by atoms with E-state index in [4.69, 9.17) is 0 Å². The van der Waals surface area contributed by atoms with Crippen LogP contribution in [0.2, 0.25) is 0 Å². The van der Waals surface area contributed by atoms with Crippen molar-refractivity contribution in [2.45, 2.75) is 13.5 Å². The number of aryl methyl sites for hydroxylation is 1. The van der Waals surface area contributed by atoms with E-state index in [9.17, 15) is 0 Å². The van der Waals surface area contributed by atoms with Gasteiger partial charge in [-0.3, -0.25) is 0 Å². The van der Waals surface area contributed by atoms with Crippen LogP contribution in [0.25, 0.3) is 54.1 Å². The molecule has 0 atom stereocenters. The zero-order valence-corrected chi connectivity index (χ0v) is 15.2. The summed E-state index contributed by atoms with van der Waals surface area (Å²) in [5.74, 6) is 0. The number of aromatic nitrogens is 1. The van der Waals surface area contributed by atoms with Gasteiger partial charge in [-0.1, -0.05) is 66.7 Å². The maximum absolute atomic E-state index is 2.44. The van der Waals surface area contributed by atoms with Crippen molar-refractivity contribution in [1.82, 2.24) is 4.57 Å². The minimum atomic E-state index is 0.973. The van der Waals surface area contributed by atoms with Gasteiger partial charge in [-0.2, -0.15) is 0 Å². The van der Waals surface area contributed by atoms with Crippen LogP contribution in [0.3, 0.4) is 0 Å². The fourth-order valence-corrected chi connectivity index (χ4v) is 4.79. The molecule has 0 spiro atoms. The molecule has 5 aromatic carbocycles. The first-order valence-corrected chi connectivity index (χ1v) is 9.61. The third-order valence-corrected chi connectivity index (χ3v) is 5.95. The summed E-state index contributed by atoms with van der Waals surface area (Å²) in [5.41, 5.74) is 2.64. The minimum Gasteiger partial charge on any atom is -0.341 e. The van der Waals surface area contributed by atoms with E-state index < -0.39 is 0 Å². The van der Waals surface area contributed by atoms with E-state index in [-0.39, 0.29) is 0 Å². The predicted molar refractivity (Wildman–Crippen MR) is 118 cm³/mol. The lowest BCUT2D eigenvalue weighted by molar-refractivity contribution is 0.827. The zero-order chi connectivity index (χ0) is 18.0. The minimum absolute atomic E-state index is 0.973. The van der Waals surface area contributed by atoms with Crippen LogP contribution in [-0.4, -0.2) is 4.57 Å². The Labute approximate surface area is 157 Å². The number of nitrogens with zero attached hydrogens (tertiary/aromatic N) is 1. The third kappa shape index (κ3) is 1.89. The highest BCUT2D eigenvalue weighted by atomic mass is 15.0. The summed E-state index contributed by atoms with van der Waals surface area (Å²) in [6.07, 6.45) is 0. The molecule has 6 aromatic rings. The molecule has 0 bridgehead atoms. The molecule has 0 aliphatic heterocycles. The maximum atomic E-state index is 2.44. The second-order valence-electron chi connectivity index (χ2n) is 7.27. The van der Waals surface area contributed by atoms with Crippen LogP contribution in [0.15, 0.2) is 84.9 Å². The van der Waals surface area contributed by atoms with Gasteiger partial charge in [-0.05, 0) is 57.4 Å². The number of rotatable bonds is 1. The summed E-state index contributed by atoms with van der Waals surface area (Å²) >= 11 is 0.